The molecule has 3 aromatic carbocycles. The Morgan fingerprint density at radius 2 is 1.35 bits per heavy atom. The molecule has 0 radical (unpaired) electrons. The van der Waals surface area contributed by atoms with Crippen molar-refractivity contribution in [3.05, 3.63) is 89.0 Å². The average Bonchev–Trinajstić information content (AvgIpc) is 2.78. The number of carbonyl (C=O) groups is 3. The maximum absolute atomic E-state index is 12.9. The second kappa shape index (κ2) is 10.9. The fourth-order valence-corrected chi connectivity index (χ4v) is 3.69. The van der Waals surface area contributed by atoms with Crippen LogP contribution >= 0.6 is 0 Å². The lowest BCUT2D eigenvalue weighted by molar-refractivity contribution is -0.121. The molecule has 7 nitrogen and oxygen atoms in total. The third-order valence-corrected chi connectivity index (χ3v) is 5.51. The highest BCUT2D eigenvalue weighted by Crippen LogP contribution is 2.28. The van der Waals surface area contributed by atoms with E-state index in [1.54, 1.807) is 30.3 Å². The number of amides is 2. The van der Waals surface area contributed by atoms with Crippen molar-refractivity contribution >= 4 is 23.5 Å². The van der Waals surface area contributed by atoms with Crippen molar-refractivity contribution in [3.8, 4) is 11.5 Å². The molecule has 37 heavy (non-hydrogen) atoms. The van der Waals surface area contributed by atoms with Gasteiger partial charge in [0.05, 0.1) is 17.5 Å². The summed E-state index contributed by atoms with van der Waals surface area (Å²) in [5, 5.41) is 15.2. The average molecular weight is 503 g/mol. The molecule has 0 saturated carbocycles. The van der Waals surface area contributed by atoms with Gasteiger partial charge in [-0.15, -0.1) is 0 Å². The van der Waals surface area contributed by atoms with Crippen molar-refractivity contribution in [2.45, 2.75) is 58.9 Å². The van der Waals surface area contributed by atoms with E-state index < -0.39 is 17.4 Å². The predicted octanol–water partition coefficient (Wildman–Crippen LogP) is 6.18. The first-order valence-corrected chi connectivity index (χ1v) is 12.1. The molecule has 0 aromatic heterocycles. The number of hydrogen-bond acceptors (Lipinski definition) is 4. The number of carboxylic acids is 1. The second-order valence-corrected chi connectivity index (χ2v) is 11.0. The van der Waals surface area contributed by atoms with Crippen molar-refractivity contribution < 1.29 is 24.2 Å². The van der Waals surface area contributed by atoms with Gasteiger partial charge in [0.15, 0.2) is 0 Å². The Kier molecular flexibility index (Phi) is 8.06. The fourth-order valence-electron chi connectivity index (χ4n) is 3.69. The highest BCUT2D eigenvalue weighted by atomic mass is 16.5. The van der Waals surface area contributed by atoms with E-state index in [4.69, 9.17) is 4.74 Å². The monoisotopic (exact) mass is 502 g/mol. The second-order valence-electron chi connectivity index (χ2n) is 11.0. The number of hydrogen-bond donors (Lipinski definition) is 3. The number of carbonyl (C=O) groups excluding carboxylic acids is 2. The van der Waals surface area contributed by atoms with E-state index in [1.807, 2.05) is 45.0 Å². The zero-order chi connectivity index (χ0) is 27.4. The molecule has 3 aromatic rings. The smallest absolute Gasteiger partial charge is 0.336 e. The lowest BCUT2D eigenvalue weighted by atomic mass is 9.87. The van der Waals surface area contributed by atoms with E-state index in [0.717, 1.165) is 0 Å². The summed E-state index contributed by atoms with van der Waals surface area (Å²) in [6, 6.07) is 19.1. The SMILES string of the molecule is CC(C)(C)NC(=O)Cc1ccc(C(=O)Nc2ccc(Oc3ccc(C(C)(C)C)cc3)cc2)c(C(=O)O)c1. The lowest BCUT2D eigenvalue weighted by Crippen LogP contribution is -2.41. The van der Waals surface area contributed by atoms with Crippen molar-refractivity contribution in [1.82, 2.24) is 5.32 Å². The first kappa shape index (κ1) is 27.5. The molecule has 0 aliphatic carbocycles. The van der Waals surface area contributed by atoms with E-state index in [0.29, 0.717) is 22.7 Å². The summed E-state index contributed by atoms with van der Waals surface area (Å²) in [4.78, 5) is 36.9. The third kappa shape index (κ3) is 7.93. The highest BCUT2D eigenvalue weighted by Gasteiger charge is 2.20. The van der Waals surface area contributed by atoms with E-state index in [2.05, 4.69) is 31.4 Å². The van der Waals surface area contributed by atoms with E-state index in [1.165, 1.54) is 17.7 Å². The zero-order valence-electron chi connectivity index (χ0n) is 22.1. The summed E-state index contributed by atoms with van der Waals surface area (Å²) < 4.78 is 5.89. The maximum Gasteiger partial charge on any atom is 0.336 e. The minimum Gasteiger partial charge on any atom is -0.478 e. The van der Waals surface area contributed by atoms with E-state index in [9.17, 15) is 19.5 Å². The molecular weight excluding hydrogens is 468 g/mol. The molecule has 0 unspecified atom stereocenters. The topological polar surface area (TPSA) is 105 Å². The Hall–Kier alpha value is -4.13. The van der Waals surface area contributed by atoms with Gasteiger partial charge in [0.2, 0.25) is 5.91 Å². The van der Waals surface area contributed by atoms with Crippen LogP contribution < -0.4 is 15.4 Å². The first-order valence-electron chi connectivity index (χ1n) is 12.1. The van der Waals surface area contributed by atoms with Gasteiger partial charge in [-0.1, -0.05) is 39.0 Å². The highest BCUT2D eigenvalue weighted by molar-refractivity contribution is 6.10. The molecule has 3 rings (SSSR count). The number of nitrogens with one attached hydrogen (secondary N) is 2. The van der Waals surface area contributed by atoms with Crippen LogP contribution in [0.25, 0.3) is 0 Å². The van der Waals surface area contributed by atoms with Crippen molar-refractivity contribution in [2.75, 3.05) is 5.32 Å². The van der Waals surface area contributed by atoms with E-state index >= 15 is 0 Å². The number of rotatable bonds is 7. The largest absolute Gasteiger partial charge is 0.478 e. The van der Waals surface area contributed by atoms with Crippen LogP contribution in [-0.4, -0.2) is 28.4 Å². The van der Waals surface area contributed by atoms with Gasteiger partial charge in [0, 0.05) is 11.2 Å². The quantitative estimate of drug-likeness (QED) is 0.358. The summed E-state index contributed by atoms with van der Waals surface area (Å²) in [5.41, 5.74) is 1.70. The van der Waals surface area contributed by atoms with Crippen molar-refractivity contribution in [1.29, 1.82) is 0 Å². The van der Waals surface area contributed by atoms with Gasteiger partial charge in [0.1, 0.15) is 11.5 Å². The molecule has 7 heteroatoms. The molecule has 0 spiro atoms. The van der Waals surface area contributed by atoms with Crippen LogP contribution in [0.4, 0.5) is 5.69 Å². The zero-order valence-corrected chi connectivity index (χ0v) is 22.1. The van der Waals surface area contributed by atoms with Gasteiger partial charge in [-0.3, -0.25) is 9.59 Å². The number of ether oxygens (including phenoxy) is 1. The molecule has 0 saturated heterocycles. The Morgan fingerprint density at radius 3 is 1.86 bits per heavy atom. The van der Waals surface area contributed by atoms with Crippen molar-refractivity contribution in [3.63, 3.8) is 0 Å². The van der Waals surface area contributed by atoms with Gasteiger partial charge in [0.25, 0.3) is 5.91 Å². The normalized spacial score (nSPS) is 11.5. The summed E-state index contributed by atoms with van der Waals surface area (Å²) >= 11 is 0. The Balaban J connectivity index is 1.68. The van der Waals surface area contributed by atoms with Crippen LogP contribution in [0.5, 0.6) is 11.5 Å². The van der Waals surface area contributed by atoms with Gasteiger partial charge in [-0.05, 0) is 85.8 Å². The molecule has 0 heterocycles. The molecule has 0 bridgehead atoms. The lowest BCUT2D eigenvalue weighted by Gasteiger charge is -2.20. The standard InChI is InChI=1S/C30H34N2O5/c1-29(2,3)20-8-12-22(13-9-20)37-23-14-10-21(11-15-23)31-27(34)24-16-7-19(17-25(24)28(35)36)18-26(33)32-30(4,5)6/h7-17H,18H2,1-6H3,(H,31,34)(H,32,33)(H,35,36). The Bertz CT molecular complexity index is 1280. The number of anilines is 1. The minimum absolute atomic E-state index is 0.00624. The van der Waals surface area contributed by atoms with E-state index in [-0.39, 0.29) is 28.9 Å². The third-order valence-electron chi connectivity index (χ3n) is 5.51. The molecular formula is C30H34N2O5. The number of benzene rings is 3. The summed E-state index contributed by atoms with van der Waals surface area (Å²) in [7, 11) is 0. The van der Waals surface area contributed by atoms with Crippen LogP contribution in [0.3, 0.4) is 0 Å². The molecule has 0 aliphatic rings. The number of aromatic carboxylic acids is 1. The van der Waals surface area contributed by atoms with Crippen LogP contribution in [0, 0.1) is 0 Å². The summed E-state index contributed by atoms with van der Waals surface area (Å²) in [5.74, 6) is -0.731. The molecule has 194 valence electrons. The van der Waals surface area contributed by atoms with Crippen LogP contribution in [-0.2, 0) is 16.6 Å². The molecule has 3 N–H and O–H groups in total. The number of carboxylic acid groups (broad SMARTS) is 1. The van der Waals surface area contributed by atoms with Gasteiger partial charge < -0.3 is 20.5 Å². The summed E-state index contributed by atoms with van der Waals surface area (Å²) in [6.07, 6.45) is 0.0137. The molecule has 0 aliphatic heterocycles. The van der Waals surface area contributed by atoms with Crippen LogP contribution in [0.2, 0.25) is 0 Å². The van der Waals surface area contributed by atoms with Crippen LogP contribution in [0.15, 0.2) is 66.7 Å². The predicted molar refractivity (Wildman–Crippen MR) is 145 cm³/mol. The molecule has 0 atom stereocenters. The van der Waals surface area contributed by atoms with Gasteiger partial charge in [-0.25, -0.2) is 4.79 Å². The first-order chi connectivity index (χ1) is 17.2. The molecule has 2 amide bonds. The van der Waals surface area contributed by atoms with Gasteiger partial charge in [-0.2, -0.15) is 0 Å². The van der Waals surface area contributed by atoms with Crippen molar-refractivity contribution in [2.24, 2.45) is 0 Å². The minimum atomic E-state index is -1.25. The maximum atomic E-state index is 12.9. The van der Waals surface area contributed by atoms with Gasteiger partial charge >= 0.3 is 5.97 Å². The fraction of sp³-hybridized carbons (Fsp3) is 0.300. The Labute approximate surface area is 217 Å². The Morgan fingerprint density at radius 1 is 0.784 bits per heavy atom. The molecule has 0 fully saturated rings. The summed E-state index contributed by atoms with van der Waals surface area (Å²) in [6.45, 7) is 12.0. The van der Waals surface area contributed by atoms with Crippen LogP contribution in [0.1, 0.15) is 73.4 Å².